The van der Waals surface area contributed by atoms with Crippen molar-refractivity contribution in [1.29, 1.82) is 0 Å². The molecule has 0 N–H and O–H groups in total. The van der Waals surface area contributed by atoms with Crippen molar-refractivity contribution in [1.82, 2.24) is 4.90 Å². The van der Waals surface area contributed by atoms with E-state index in [0.29, 0.717) is 11.5 Å². The van der Waals surface area contributed by atoms with Crippen molar-refractivity contribution in [3.63, 3.8) is 0 Å². The third-order valence-electron chi connectivity index (χ3n) is 5.21. The molecule has 0 radical (unpaired) electrons. The molecular formula is C17H22N2O4. The van der Waals surface area contributed by atoms with E-state index in [1.165, 1.54) is 30.7 Å². The van der Waals surface area contributed by atoms with Gasteiger partial charge in [0.25, 0.3) is 5.69 Å². The fourth-order valence-electron chi connectivity index (χ4n) is 3.86. The molecule has 2 fully saturated rings. The maximum Gasteiger partial charge on any atom is 0.338 e. The summed E-state index contributed by atoms with van der Waals surface area (Å²) >= 11 is 0. The summed E-state index contributed by atoms with van der Waals surface area (Å²) in [6, 6.07) is 5.65. The summed E-state index contributed by atoms with van der Waals surface area (Å²) < 4.78 is 5.98. The number of nitrogens with zero attached hydrogens (tertiary/aromatic N) is 2. The van der Waals surface area contributed by atoms with Gasteiger partial charge in [0.15, 0.2) is 0 Å². The third-order valence-corrected chi connectivity index (χ3v) is 5.21. The van der Waals surface area contributed by atoms with Gasteiger partial charge in [0.1, 0.15) is 5.60 Å². The minimum atomic E-state index is -0.470. The summed E-state index contributed by atoms with van der Waals surface area (Å²) in [5.74, 6) is 0.0216. The number of hydrogen-bond acceptors (Lipinski definition) is 5. The average Bonchev–Trinajstić information content (AvgIpc) is 2.55. The fourth-order valence-corrected chi connectivity index (χ4v) is 3.86. The Bertz CT molecular complexity index is 601. The van der Waals surface area contributed by atoms with Gasteiger partial charge in [-0.3, -0.25) is 10.1 Å². The molecule has 0 bridgehead atoms. The topological polar surface area (TPSA) is 72.7 Å². The summed E-state index contributed by atoms with van der Waals surface area (Å²) in [6.07, 6.45) is 5.16. The molecule has 1 saturated carbocycles. The number of nitro groups is 1. The quantitative estimate of drug-likeness (QED) is 0.486. The lowest BCUT2D eigenvalue weighted by atomic mass is 9.71. The molecule has 3 rings (SSSR count). The Morgan fingerprint density at radius 1 is 1.30 bits per heavy atom. The lowest BCUT2D eigenvalue weighted by Gasteiger charge is -2.49. The van der Waals surface area contributed by atoms with E-state index < -0.39 is 4.92 Å². The van der Waals surface area contributed by atoms with Gasteiger partial charge >= 0.3 is 5.97 Å². The van der Waals surface area contributed by atoms with E-state index in [9.17, 15) is 14.9 Å². The van der Waals surface area contributed by atoms with Crippen molar-refractivity contribution in [3.8, 4) is 0 Å². The first-order chi connectivity index (χ1) is 11.0. The number of carbonyl (C=O) groups is 1. The largest absolute Gasteiger partial charge is 0.455 e. The number of carbonyl (C=O) groups excluding carboxylic acids is 1. The van der Waals surface area contributed by atoms with Crippen LogP contribution in [0.1, 0.15) is 42.5 Å². The number of esters is 1. The van der Waals surface area contributed by atoms with Gasteiger partial charge < -0.3 is 9.64 Å². The molecule has 0 amide bonds. The zero-order chi connectivity index (χ0) is 16.4. The minimum absolute atomic E-state index is 0.0189. The second-order valence-electron chi connectivity index (χ2n) is 6.71. The van der Waals surface area contributed by atoms with Gasteiger partial charge in [-0.25, -0.2) is 4.79 Å². The Balaban J connectivity index is 1.76. The van der Waals surface area contributed by atoms with E-state index in [2.05, 4.69) is 11.9 Å². The van der Waals surface area contributed by atoms with Crippen LogP contribution in [0.3, 0.4) is 0 Å². The smallest absolute Gasteiger partial charge is 0.338 e. The minimum Gasteiger partial charge on any atom is -0.455 e. The average molecular weight is 318 g/mol. The highest BCUT2D eigenvalue weighted by Crippen LogP contribution is 2.42. The zero-order valence-electron chi connectivity index (χ0n) is 13.4. The van der Waals surface area contributed by atoms with E-state index in [0.717, 1.165) is 38.8 Å². The maximum atomic E-state index is 12.5. The summed E-state index contributed by atoms with van der Waals surface area (Å²) in [5.41, 5.74) is 0.00616. The van der Waals surface area contributed by atoms with Crippen LogP contribution in [0.5, 0.6) is 0 Å². The predicted molar refractivity (Wildman–Crippen MR) is 85.3 cm³/mol. The van der Waals surface area contributed by atoms with Crippen LogP contribution in [0, 0.1) is 16.0 Å². The number of fused-ring (bicyclic) bond motifs is 1. The molecular weight excluding hydrogens is 296 g/mol. The number of non-ortho nitro benzene ring substituents is 1. The van der Waals surface area contributed by atoms with Crippen LogP contribution in [0.2, 0.25) is 0 Å². The first kappa shape index (κ1) is 15.9. The van der Waals surface area contributed by atoms with Gasteiger partial charge in [-0.05, 0) is 38.4 Å². The number of benzene rings is 1. The third kappa shape index (κ3) is 3.22. The highest BCUT2D eigenvalue weighted by molar-refractivity contribution is 5.90. The lowest BCUT2D eigenvalue weighted by Crippen LogP contribution is -2.54. The molecule has 0 spiro atoms. The van der Waals surface area contributed by atoms with Gasteiger partial charge in [-0.2, -0.15) is 0 Å². The van der Waals surface area contributed by atoms with Gasteiger partial charge in [0.05, 0.1) is 10.5 Å². The van der Waals surface area contributed by atoms with Crippen LogP contribution in [0.4, 0.5) is 5.69 Å². The molecule has 2 aliphatic rings. The predicted octanol–water partition coefficient (Wildman–Crippen LogP) is 3.02. The van der Waals surface area contributed by atoms with Crippen LogP contribution in [0.15, 0.2) is 24.3 Å². The fraction of sp³-hybridized carbons (Fsp3) is 0.588. The SMILES string of the molecule is CN1CCC2(OC(=O)c3ccc([N+](=O)[O-])cc3)CCCCC2C1. The molecule has 6 heteroatoms. The second-order valence-corrected chi connectivity index (χ2v) is 6.71. The van der Waals surface area contributed by atoms with Crippen molar-refractivity contribution in [2.75, 3.05) is 20.1 Å². The molecule has 1 aromatic carbocycles. The van der Waals surface area contributed by atoms with Gasteiger partial charge in [0.2, 0.25) is 0 Å². The Kier molecular flexibility index (Phi) is 4.35. The van der Waals surface area contributed by atoms with E-state index in [1.54, 1.807) is 0 Å². The monoisotopic (exact) mass is 318 g/mol. The Morgan fingerprint density at radius 2 is 2.04 bits per heavy atom. The highest BCUT2D eigenvalue weighted by atomic mass is 16.6. The van der Waals surface area contributed by atoms with Crippen molar-refractivity contribution in [2.24, 2.45) is 5.92 Å². The van der Waals surface area contributed by atoms with Crippen molar-refractivity contribution >= 4 is 11.7 Å². The van der Waals surface area contributed by atoms with E-state index in [4.69, 9.17) is 4.74 Å². The van der Waals surface area contributed by atoms with Crippen LogP contribution in [0.25, 0.3) is 0 Å². The van der Waals surface area contributed by atoms with E-state index >= 15 is 0 Å². The molecule has 1 aromatic rings. The summed E-state index contributed by atoms with van der Waals surface area (Å²) in [4.78, 5) is 25.1. The maximum absolute atomic E-state index is 12.5. The molecule has 1 aliphatic carbocycles. The molecule has 6 nitrogen and oxygen atoms in total. The summed E-state index contributed by atoms with van der Waals surface area (Å²) in [5, 5.41) is 10.7. The van der Waals surface area contributed by atoms with Crippen LogP contribution in [-0.4, -0.2) is 41.5 Å². The summed E-state index contributed by atoms with van der Waals surface area (Å²) in [7, 11) is 2.11. The zero-order valence-corrected chi connectivity index (χ0v) is 13.4. The summed E-state index contributed by atoms with van der Waals surface area (Å²) in [6.45, 7) is 1.90. The lowest BCUT2D eigenvalue weighted by molar-refractivity contribution is -0.384. The molecule has 1 saturated heterocycles. The van der Waals surface area contributed by atoms with Crippen molar-refractivity contribution in [2.45, 2.75) is 37.7 Å². The molecule has 2 unspecified atom stereocenters. The number of ether oxygens (including phenoxy) is 1. The standard InChI is InChI=1S/C17H22N2O4/c1-18-11-10-17(9-3-2-4-14(17)12-18)23-16(20)13-5-7-15(8-6-13)19(21)22/h5-8,14H,2-4,9-12H2,1H3. The van der Waals surface area contributed by atoms with E-state index in [1.807, 2.05) is 0 Å². The van der Waals surface area contributed by atoms with Gasteiger partial charge in [-0.1, -0.05) is 6.42 Å². The van der Waals surface area contributed by atoms with Crippen LogP contribution >= 0.6 is 0 Å². The first-order valence-corrected chi connectivity index (χ1v) is 8.16. The normalized spacial score (nSPS) is 28.0. The number of hydrogen-bond donors (Lipinski definition) is 0. The molecule has 1 heterocycles. The number of likely N-dealkylation sites (tertiary alicyclic amines) is 1. The Hall–Kier alpha value is -1.95. The van der Waals surface area contributed by atoms with Crippen molar-refractivity contribution in [3.05, 3.63) is 39.9 Å². The molecule has 124 valence electrons. The van der Waals surface area contributed by atoms with Gasteiger partial charge in [0, 0.05) is 37.6 Å². The van der Waals surface area contributed by atoms with Crippen molar-refractivity contribution < 1.29 is 14.5 Å². The molecule has 23 heavy (non-hydrogen) atoms. The number of rotatable bonds is 3. The van der Waals surface area contributed by atoms with Crippen LogP contribution < -0.4 is 0 Å². The van der Waals surface area contributed by atoms with E-state index in [-0.39, 0.29) is 17.3 Å². The Morgan fingerprint density at radius 3 is 2.74 bits per heavy atom. The molecule has 2 atom stereocenters. The first-order valence-electron chi connectivity index (χ1n) is 8.16. The highest BCUT2D eigenvalue weighted by Gasteiger charge is 2.46. The van der Waals surface area contributed by atoms with Crippen LogP contribution in [-0.2, 0) is 4.74 Å². The molecule has 0 aromatic heterocycles. The Labute approximate surface area is 135 Å². The number of piperidine rings is 1. The number of nitro benzene ring substituents is 1. The van der Waals surface area contributed by atoms with Gasteiger partial charge in [-0.15, -0.1) is 0 Å². The second kappa shape index (κ2) is 6.28. The molecule has 1 aliphatic heterocycles.